The maximum Gasteiger partial charge on any atom is 0.329 e. The molecule has 2 aromatic rings. The first kappa shape index (κ1) is 22.4. The predicted octanol–water partition coefficient (Wildman–Crippen LogP) is 2.59. The predicted molar refractivity (Wildman–Crippen MR) is 116 cm³/mol. The number of amides is 3. The van der Waals surface area contributed by atoms with E-state index in [0.717, 1.165) is 4.90 Å². The summed E-state index contributed by atoms with van der Waals surface area (Å²) in [6.07, 6.45) is 2.07. The average molecular weight is 442 g/mol. The van der Waals surface area contributed by atoms with Crippen LogP contribution < -0.4 is 10.1 Å². The minimum atomic E-state index is -1.11. The largest absolute Gasteiger partial charge is 0.495 e. The van der Waals surface area contributed by atoms with Crippen LogP contribution in [0.1, 0.15) is 27.1 Å². The highest BCUT2D eigenvalue weighted by atomic mass is 32.2. The molecule has 1 aliphatic rings. The van der Waals surface area contributed by atoms with Crippen LogP contribution in [-0.2, 0) is 14.3 Å². The Labute approximate surface area is 183 Å². The van der Waals surface area contributed by atoms with Crippen molar-refractivity contribution in [3.8, 4) is 5.75 Å². The van der Waals surface area contributed by atoms with E-state index in [9.17, 15) is 19.2 Å². The van der Waals surface area contributed by atoms with Crippen molar-refractivity contribution in [3.63, 3.8) is 0 Å². The molecule has 1 unspecified atom stereocenters. The molecule has 2 aromatic carbocycles. The number of carbonyl (C=O) groups is 4. The highest BCUT2D eigenvalue weighted by molar-refractivity contribution is 7.98. The molecule has 0 bridgehead atoms. The van der Waals surface area contributed by atoms with Crippen LogP contribution in [0, 0.1) is 0 Å². The lowest BCUT2D eigenvalue weighted by molar-refractivity contribution is -0.151. The minimum absolute atomic E-state index is 0.222. The van der Waals surface area contributed by atoms with Gasteiger partial charge >= 0.3 is 5.97 Å². The van der Waals surface area contributed by atoms with Gasteiger partial charge in [-0.2, -0.15) is 11.8 Å². The quantitative estimate of drug-likeness (QED) is 0.470. The van der Waals surface area contributed by atoms with Gasteiger partial charge in [0, 0.05) is 0 Å². The van der Waals surface area contributed by atoms with E-state index in [1.807, 2.05) is 6.26 Å². The van der Waals surface area contributed by atoms with Crippen molar-refractivity contribution in [1.82, 2.24) is 4.90 Å². The standard InChI is InChI=1S/C22H22N2O6S/c1-29-18-10-6-5-9-16(18)23-19(25)13-30-22(28)17(11-12-31-2)24-20(26)14-7-3-4-8-15(14)21(24)27/h3-10,17H,11-13H2,1-2H3,(H,23,25). The Hall–Kier alpha value is -3.33. The Balaban J connectivity index is 1.69. The van der Waals surface area contributed by atoms with E-state index in [-0.39, 0.29) is 17.5 Å². The van der Waals surface area contributed by atoms with E-state index in [1.54, 1.807) is 48.5 Å². The summed E-state index contributed by atoms with van der Waals surface area (Å²) in [6.45, 7) is -0.560. The van der Waals surface area contributed by atoms with Gasteiger partial charge in [0.25, 0.3) is 17.7 Å². The number of fused-ring (bicyclic) bond motifs is 1. The Morgan fingerprint density at radius 3 is 2.26 bits per heavy atom. The molecule has 162 valence electrons. The molecule has 31 heavy (non-hydrogen) atoms. The average Bonchev–Trinajstić information content (AvgIpc) is 3.03. The number of hydrogen-bond acceptors (Lipinski definition) is 7. The summed E-state index contributed by atoms with van der Waals surface area (Å²) in [5.74, 6) is -1.46. The molecule has 0 radical (unpaired) electrons. The van der Waals surface area contributed by atoms with Gasteiger partial charge in [0.05, 0.1) is 23.9 Å². The second-order valence-electron chi connectivity index (χ2n) is 6.68. The molecule has 9 heteroatoms. The number of rotatable bonds is 9. The lowest BCUT2D eigenvalue weighted by Crippen LogP contribution is -2.46. The highest BCUT2D eigenvalue weighted by Crippen LogP contribution is 2.27. The first-order valence-electron chi connectivity index (χ1n) is 9.53. The first-order valence-corrected chi connectivity index (χ1v) is 10.9. The number of thioether (sulfide) groups is 1. The summed E-state index contributed by atoms with van der Waals surface area (Å²) >= 11 is 1.47. The number of anilines is 1. The van der Waals surface area contributed by atoms with E-state index in [4.69, 9.17) is 9.47 Å². The number of carbonyl (C=O) groups excluding carboxylic acids is 4. The zero-order chi connectivity index (χ0) is 22.4. The zero-order valence-electron chi connectivity index (χ0n) is 17.1. The SMILES string of the molecule is COc1ccccc1NC(=O)COC(=O)C(CCSC)N1C(=O)c2ccccc2C1=O. The summed E-state index contributed by atoms with van der Waals surface area (Å²) in [5.41, 5.74) is 0.942. The molecule has 0 saturated heterocycles. The number of imide groups is 1. The van der Waals surface area contributed by atoms with Crippen LogP contribution >= 0.6 is 11.8 Å². The van der Waals surface area contributed by atoms with Gasteiger partial charge in [0.2, 0.25) is 0 Å². The Bertz CT molecular complexity index is 974. The van der Waals surface area contributed by atoms with E-state index in [0.29, 0.717) is 17.2 Å². The van der Waals surface area contributed by atoms with E-state index < -0.39 is 36.3 Å². The van der Waals surface area contributed by atoms with Crippen LogP contribution in [-0.4, -0.2) is 60.4 Å². The van der Waals surface area contributed by atoms with Gasteiger partial charge in [0.15, 0.2) is 6.61 Å². The lowest BCUT2D eigenvalue weighted by Gasteiger charge is -2.24. The van der Waals surface area contributed by atoms with Gasteiger partial charge in [-0.1, -0.05) is 24.3 Å². The van der Waals surface area contributed by atoms with E-state index in [1.165, 1.54) is 18.9 Å². The zero-order valence-corrected chi connectivity index (χ0v) is 17.9. The number of nitrogens with zero attached hydrogens (tertiary/aromatic N) is 1. The van der Waals surface area contributed by atoms with Crippen molar-refractivity contribution in [2.75, 3.05) is 31.0 Å². The van der Waals surface area contributed by atoms with Crippen molar-refractivity contribution < 1.29 is 28.7 Å². The normalized spacial score (nSPS) is 13.5. The van der Waals surface area contributed by atoms with Crippen molar-refractivity contribution >= 4 is 41.1 Å². The molecular weight excluding hydrogens is 420 g/mol. The molecule has 0 aromatic heterocycles. The number of esters is 1. The van der Waals surface area contributed by atoms with Gasteiger partial charge in [-0.25, -0.2) is 4.79 Å². The fourth-order valence-electron chi connectivity index (χ4n) is 3.24. The number of ether oxygens (including phenoxy) is 2. The summed E-state index contributed by atoms with van der Waals surface area (Å²) in [6, 6.07) is 12.1. The third-order valence-corrected chi connectivity index (χ3v) is 5.38. The summed E-state index contributed by atoms with van der Waals surface area (Å²) < 4.78 is 10.3. The number of hydrogen-bond donors (Lipinski definition) is 1. The van der Waals surface area contributed by atoms with Gasteiger partial charge in [-0.15, -0.1) is 0 Å². The highest BCUT2D eigenvalue weighted by Gasteiger charge is 2.43. The maximum absolute atomic E-state index is 12.8. The Morgan fingerprint density at radius 1 is 1.03 bits per heavy atom. The minimum Gasteiger partial charge on any atom is -0.495 e. The molecule has 1 heterocycles. The van der Waals surface area contributed by atoms with Crippen LogP contribution in [0.25, 0.3) is 0 Å². The molecular formula is C22H22N2O6S. The Kier molecular flexibility index (Phi) is 7.30. The van der Waals surface area contributed by atoms with Crippen LogP contribution in [0.3, 0.4) is 0 Å². The molecule has 1 atom stereocenters. The molecule has 1 N–H and O–H groups in total. The molecule has 0 saturated carbocycles. The van der Waals surface area contributed by atoms with Gasteiger partial charge < -0.3 is 14.8 Å². The van der Waals surface area contributed by atoms with Crippen molar-refractivity contribution in [1.29, 1.82) is 0 Å². The van der Waals surface area contributed by atoms with Crippen molar-refractivity contribution in [3.05, 3.63) is 59.7 Å². The van der Waals surface area contributed by atoms with Crippen LogP contribution in [0.2, 0.25) is 0 Å². The van der Waals surface area contributed by atoms with Gasteiger partial charge in [0.1, 0.15) is 11.8 Å². The van der Waals surface area contributed by atoms with E-state index >= 15 is 0 Å². The number of nitrogens with one attached hydrogen (secondary N) is 1. The van der Waals surface area contributed by atoms with Crippen LogP contribution in [0.5, 0.6) is 5.75 Å². The molecule has 3 rings (SSSR count). The second kappa shape index (κ2) is 10.1. The lowest BCUT2D eigenvalue weighted by atomic mass is 10.1. The third kappa shape index (κ3) is 4.88. The van der Waals surface area contributed by atoms with E-state index in [2.05, 4.69) is 5.32 Å². The monoisotopic (exact) mass is 442 g/mol. The second-order valence-corrected chi connectivity index (χ2v) is 7.66. The van der Waals surface area contributed by atoms with Crippen LogP contribution in [0.4, 0.5) is 5.69 Å². The summed E-state index contributed by atoms with van der Waals surface area (Å²) in [7, 11) is 1.48. The fourth-order valence-corrected chi connectivity index (χ4v) is 3.70. The summed E-state index contributed by atoms with van der Waals surface area (Å²) in [5, 5.41) is 2.61. The molecule has 3 amide bonds. The molecule has 0 spiro atoms. The third-order valence-electron chi connectivity index (χ3n) is 4.73. The molecule has 8 nitrogen and oxygen atoms in total. The summed E-state index contributed by atoms with van der Waals surface area (Å²) in [4.78, 5) is 51.5. The van der Waals surface area contributed by atoms with Gasteiger partial charge in [-0.05, 0) is 42.7 Å². The number of methoxy groups -OCH3 is 1. The molecule has 0 aliphatic carbocycles. The van der Waals surface area contributed by atoms with Crippen molar-refractivity contribution in [2.24, 2.45) is 0 Å². The maximum atomic E-state index is 12.8. The van der Waals surface area contributed by atoms with Crippen molar-refractivity contribution in [2.45, 2.75) is 12.5 Å². The molecule has 0 fully saturated rings. The van der Waals surface area contributed by atoms with Gasteiger partial charge in [-0.3, -0.25) is 19.3 Å². The Morgan fingerprint density at radius 2 is 1.65 bits per heavy atom. The number of para-hydroxylation sites is 2. The molecule has 1 aliphatic heterocycles. The fraction of sp³-hybridized carbons (Fsp3) is 0.273. The smallest absolute Gasteiger partial charge is 0.329 e. The first-order chi connectivity index (χ1) is 15.0. The number of benzene rings is 2. The van der Waals surface area contributed by atoms with Crippen LogP contribution in [0.15, 0.2) is 48.5 Å². The topological polar surface area (TPSA) is 102 Å².